The van der Waals surface area contributed by atoms with Gasteiger partial charge in [-0.15, -0.1) is 0 Å². The van der Waals surface area contributed by atoms with Crippen LogP contribution in [0.4, 0.5) is 17.1 Å². The molecule has 0 bridgehead atoms. The molecule has 1 aliphatic carbocycles. The van der Waals surface area contributed by atoms with Gasteiger partial charge in [0.25, 0.3) is 0 Å². The van der Waals surface area contributed by atoms with Crippen LogP contribution < -0.4 is 4.90 Å². The third kappa shape index (κ3) is 4.45. The molecule has 0 saturated carbocycles. The highest BCUT2D eigenvalue weighted by atomic mass is 16.3. The van der Waals surface area contributed by atoms with Gasteiger partial charge in [0.1, 0.15) is 22.3 Å². The van der Waals surface area contributed by atoms with Crippen molar-refractivity contribution in [3.05, 3.63) is 162 Å². The molecule has 1 aliphatic rings. The Labute approximate surface area is 303 Å². The number of hydrogen-bond acceptors (Lipinski definition) is 3. The molecule has 0 N–H and O–H groups in total. The highest BCUT2D eigenvalue weighted by molar-refractivity contribution is 6.14. The SMILES string of the molecule is CC(C)(C)c1cccc2c1oc1c3c(ccc12)C(C)(C)c1cccc(N(c2ccc(-c4ccccc4)cc2)c2ccc4c(c2)oc2ccccc24)c1-3. The number of fused-ring (bicyclic) bond motifs is 10. The molecular weight excluding hydrogens is 635 g/mol. The van der Waals surface area contributed by atoms with Crippen LogP contribution in [0.15, 0.2) is 154 Å². The predicted octanol–water partition coefficient (Wildman–Crippen LogP) is 14.2. The third-order valence-corrected chi connectivity index (χ3v) is 11.2. The Balaban J connectivity index is 1.25. The second kappa shape index (κ2) is 11.0. The molecule has 0 spiro atoms. The molecular formula is C49H39NO2. The summed E-state index contributed by atoms with van der Waals surface area (Å²) < 4.78 is 13.5. The van der Waals surface area contributed by atoms with E-state index in [0.717, 1.165) is 60.9 Å². The first-order valence-corrected chi connectivity index (χ1v) is 18.2. The number of rotatable bonds is 4. The predicted molar refractivity (Wildman–Crippen MR) is 217 cm³/mol. The second-order valence-corrected chi connectivity index (χ2v) is 15.8. The normalized spacial score (nSPS) is 13.6. The topological polar surface area (TPSA) is 29.5 Å². The van der Waals surface area contributed by atoms with Crippen LogP contribution in [0.5, 0.6) is 0 Å². The number of benzene rings is 7. The zero-order valence-electron chi connectivity index (χ0n) is 30.1. The summed E-state index contributed by atoms with van der Waals surface area (Å²) in [6, 6.07) is 52.4. The molecule has 0 amide bonds. The van der Waals surface area contributed by atoms with E-state index in [4.69, 9.17) is 8.83 Å². The maximum absolute atomic E-state index is 7.07. The molecule has 0 atom stereocenters. The van der Waals surface area contributed by atoms with Crippen molar-refractivity contribution in [2.45, 2.75) is 45.4 Å². The first-order chi connectivity index (χ1) is 25.2. The minimum Gasteiger partial charge on any atom is -0.456 e. The molecule has 0 radical (unpaired) electrons. The molecule has 10 rings (SSSR count). The van der Waals surface area contributed by atoms with Gasteiger partial charge in [0.15, 0.2) is 0 Å². The summed E-state index contributed by atoms with van der Waals surface area (Å²) in [5.41, 5.74) is 15.2. The summed E-state index contributed by atoms with van der Waals surface area (Å²) in [4.78, 5) is 2.40. The van der Waals surface area contributed by atoms with Crippen molar-refractivity contribution in [2.24, 2.45) is 0 Å². The Bertz CT molecular complexity index is 2850. The molecule has 9 aromatic rings. The average Bonchev–Trinajstić information content (AvgIpc) is 3.80. The first kappa shape index (κ1) is 30.7. The number of furan rings is 2. The van der Waals surface area contributed by atoms with Crippen molar-refractivity contribution < 1.29 is 8.83 Å². The fourth-order valence-electron chi connectivity index (χ4n) is 8.59. The fourth-order valence-corrected chi connectivity index (χ4v) is 8.59. The van der Waals surface area contributed by atoms with Gasteiger partial charge < -0.3 is 13.7 Å². The Morgan fingerprint density at radius 1 is 0.481 bits per heavy atom. The summed E-state index contributed by atoms with van der Waals surface area (Å²) in [5.74, 6) is 0. The average molecular weight is 674 g/mol. The molecule has 7 aromatic carbocycles. The Hall–Kier alpha value is -6.06. The van der Waals surface area contributed by atoms with E-state index < -0.39 is 0 Å². The quantitative estimate of drug-likeness (QED) is 0.186. The van der Waals surface area contributed by atoms with E-state index in [9.17, 15) is 0 Å². The Morgan fingerprint density at radius 3 is 1.92 bits per heavy atom. The first-order valence-electron chi connectivity index (χ1n) is 18.2. The van der Waals surface area contributed by atoms with Gasteiger partial charge in [-0.25, -0.2) is 0 Å². The lowest BCUT2D eigenvalue weighted by Gasteiger charge is -2.29. The summed E-state index contributed by atoms with van der Waals surface area (Å²) in [6.07, 6.45) is 0. The van der Waals surface area contributed by atoms with Crippen LogP contribution >= 0.6 is 0 Å². The maximum atomic E-state index is 7.07. The highest BCUT2D eigenvalue weighted by Gasteiger charge is 2.40. The number of anilines is 3. The van der Waals surface area contributed by atoms with E-state index in [1.54, 1.807) is 0 Å². The van der Waals surface area contributed by atoms with Gasteiger partial charge in [-0.3, -0.25) is 0 Å². The minimum absolute atomic E-state index is 0.0586. The molecule has 52 heavy (non-hydrogen) atoms. The lowest BCUT2D eigenvalue weighted by Crippen LogP contribution is -2.16. The monoisotopic (exact) mass is 673 g/mol. The summed E-state index contributed by atoms with van der Waals surface area (Å²) >= 11 is 0. The van der Waals surface area contributed by atoms with Crippen molar-refractivity contribution in [1.29, 1.82) is 0 Å². The molecule has 2 aromatic heterocycles. The lowest BCUT2D eigenvalue weighted by atomic mass is 9.82. The highest BCUT2D eigenvalue weighted by Crippen LogP contribution is 2.57. The number of para-hydroxylation sites is 2. The van der Waals surface area contributed by atoms with Gasteiger partial charge >= 0.3 is 0 Å². The minimum atomic E-state index is -0.230. The third-order valence-electron chi connectivity index (χ3n) is 11.2. The van der Waals surface area contributed by atoms with Gasteiger partial charge in [0.2, 0.25) is 0 Å². The number of hydrogen-bond donors (Lipinski definition) is 0. The summed E-state index contributed by atoms with van der Waals surface area (Å²) in [6.45, 7) is 11.5. The fraction of sp³-hybridized carbons (Fsp3) is 0.143. The zero-order chi connectivity index (χ0) is 35.4. The van der Waals surface area contributed by atoms with E-state index in [-0.39, 0.29) is 10.8 Å². The molecule has 0 saturated heterocycles. The van der Waals surface area contributed by atoms with Crippen LogP contribution in [0.1, 0.15) is 51.3 Å². The van der Waals surface area contributed by atoms with Crippen LogP contribution in [0.3, 0.4) is 0 Å². The van der Waals surface area contributed by atoms with E-state index >= 15 is 0 Å². The van der Waals surface area contributed by atoms with Gasteiger partial charge in [-0.2, -0.15) is 0 Å². The summed E-state index contributed by atoms with van der Waals surface area (Å²) in [7, 11) is 0. The van der Waals surface area contributed by atoms with Crippen molar-refractivity contribution in [2.75, 3.05) is 4.90 Å². The van der Waals surface area contributed by atoms with Gasteiger partial charge in [0.05, 0.1) is 5.69 Å². The Morgan fingerprint density at radius 2 is 1.12 bits per heavy atom. The smallest absolute Gasteiger partial charge is 0.143 e. The maximum Gasteiger partial charge on any atom is 0.143 e. The van der Waals surface area contributed by atoms with E-state index in [2.05, 4.69) is 173 Å². The van der Waals surface area contributed by atoms with Crippen LogP contribution in [-0.4, -0.2) is 0 Å². The standard InChI is InChI=1S/C49H39NO2/c1-48(2,3)40-18-11-16-36-37-27-28-39-45(47(37)52-46(36)40)44-38(49(39,4)5)17-12-19-41(44)50(32-23-21-31(22-24-32)30-13-7-6-8-14-30)33-25-26-35-34-15-9-10-20-42(34)51-43(35)29-33/h6-29H,1-5H3. The van der Waals surface area contributed by atoms with E-state index in [1.807, 2.05) is 12.1 Å². The molecule has 252 valence electrons. The largest absolute Gasteiger partial charge is 0.456 e. The van der Waals surface area contributed by atoms with Crippen LogP contribution in [0.25, 0.3) is 66.1 Å². The zero-order valence-corrected chi connectivity index (χ0v) is 30.1. The van der Waals surface area contributed by atoms with Crippen molar-refractivity contribution in [1.82, 2.24) is 0 Å². The second-order valence-electron chi connectivity index (χ2n) is 15.8. The van der Waals surface area contributed by atoms with Crippen LogP contribution in [0, 0.1) is 0 Å². The van der Waals surface area contributed by atoms with Gasteiger partial charge in [-0.05, 0) is 64.1 Å². The van der Waals surface area contributed by atoms with Gasteiger partial charge in [-0.1, -0.05) is 138 Å². The Kier molecular flexibility index (Phi) is 6.48. The van der Waals surface area contributed by atoms with Crippen molar-refractivity contribution in [3.63, 3.8) is 0 Å². The van der Waals surface area contributed by atoms with Crippen LogP contribution in [-0.2, 0) is 10.8 Å². The summed E-state index contributed by atoms with van der Waals surface area (Å²) in [5, 5.41) is 4.56. The molecule has 3 nitrogen and oxygen atoms in total. The number of nitrogens with zero attached hydrogens (tertiary/aromatic N) is 1. The molecule has 3 heteroatoms. The molecule has 0 unspecified atom stereocenters. The van der Waals surface area contributed by atoms with Crippen molar-refractivity contribution in [3.8, 4) is 22.3 Å². The van der Waals surface area contributed by atoms with Crippen LogP contribution in [0.2, 0.25) is 0 Å². The van der Waals surface area contributed by atoms with Crippen molar-refractivity contribution >= 4 is 60.9 Å². The van der Waals surface area contributed by atoms with E-state index in [1.165, 1.54) is 38.9 Å². The van der Waals surface area contributed by atoms with Gasteiger partial charge in [0, 0.05) is 61.1 Å². The van der Waals surface area contributed by atoms with E-state index in [0.29, 0.717) is 0 Å². The lowest BCUT2D eigenvalue weighted by molar-refractivity contribution is 0.573. The molecule has 0 aliphatic heterocycles. The molecule has 0 fully saturated rings. The molecule has 2 heterocycles.